The first-order valence-electron chi connectivity index (χ1n) is 8.71. The molecule has 0 bridgehead atoms. The van der Waals surface area contributed by atoms with Crippen molar-refractivity contribution >= 4 is 28.9 Å². The van der Waals surface area contributed by atoms with Crippen LogP contribution in [0.2, 0.25) is 10.0 Å². The maximum Gasteiger partial charge on any atom is 0.180 e. The van der Waals surface area contributed by atoms with Crippen LogP contribution in [0.25, 0.3) is 0 Å². The summed E-state index contributed by atoms with van der Waals surface area (Å²) in [6.07, 6.45) is 0. The van der Waals surface area contributed by atoms with Crippen LogP contribution in [-0.4, -0.2) is 7.11 Å². The molecule has 1 N–H and O–H groups in total. The van der Waals surface area contributed by atoms with Gasteiger partial charge in [0, 0.05) is 22.8 Å². The first kappa shape index (κ1) is 20.3. The summed E-state index contributed by atoms with van der Waals surface area (Å²) in [5.41, 5.74) is 3.29. The zero-order valence-electron chi connectivity index (χ0n) is 15.6. The Kier molecular flexibility index (Phi) is 6.65. The van der Waals surface area contributed by atoms with Gasteiger partial charge < -0.3 is 14.8 Å². The van der Waals surface area contributed by atoms with E-state index in [1.807, 2.05) is 31.2 Å². The summed E-state index contributed by atoms with van der Waals surface area (Å²) in [5.74, 6) is 0.550. The van der Waals surface area contributed by atoms with E-state index in [2.05, 4.69) is 5.32 Å². The predicted octanol–water partition coefficient (Wildman–Crippen LogP) is 6.64. The van der Waals surface area contributed by atoms with Crippen molar-refractivity contribution in [3.8, 4) is 11.5 Å². The third kappa shape index (κ3) is 4.70. The number of hydrogen-bond donors (Lipinski definition) is 1. The van der Waals surface area contributed by atoms with E-state index in [-0.39, 0.29) is 12.4 Å². The molecule has 0 saturated carbocycles. The van der Waals surface area contributed by atoms with Gasteiger partial charge in [-0.1, -0.05) is 47.5 Å². The molecule has 6 heteroatoms. The van der Waals surface area contributed by atoms with Gasteiger partial charge in [0.05, 0.1) is 12.1 Å². The van der Waals surface area contributed by atoms with Crippen molar-refractivity contribution in [2.75, 3.05) is 12.4 Å². The Morgan fingerprint density at radius 1 is 1.00 bits per heavy atom. The number of benzene rings is 3. The van der Waals surface area contributed by atoms with Gasteiger partial charge in [-0.05, 0) is 48.4 Å². The van der Waals surface area contributed by atoms with E-state index in [0.717, 1.165) is 16.8 Å². The molecule has 0 aromatic heterocycles. The molecular weight excluding hydrogens is 400 g/mol. The van der Waals surface area contributed by atoms with Crippen molar-refractivity contribution in [2.24, 2.45) is 0 Å². The molecule has 0 aliphatic heterocycles. The van der Waals surface area contributed by atoms with E-state index >= 15 is 0 Å². The summed E-state index contributed by atoms with van der Waals surface area (Å²) in [7, 11) is 1.54. The lowest BCUT2D eigenvalue weighted by Gasteiger charge is -2.16. The highest BCUT2D eigenvalue weighted by atomic mass is 35.5. The van der Waals surface area contributed by atoms with Crippen molar-refractivity contribution in [1.82, 2.24) is 0 Å². The standard InChI is InChI=1S/C22H20Cl2FNO2/c1-14-17(23)7-5-9-20(14)26-12-15-10-18(24)22(21(11-15)27-2)28-13-16-6-3-4-8-19(16)25/h3-11,26H,12-13H2,1-2H3. The first-order valence-corrected chi connectivity index (χ1v) is 9.46. The van der Waals surface area contributed by atoms with Crippen LogP contribution in [0.1, 0.15) is 16.7 Å². The third-order valence-electron chi connectivity index (χ3n) is 4.37. The Morgan fingerprint density at radius 3 is 2.54 bits per heavy atom. The Bertz CT molecular complexity index is 979. The maximum atomic E-state index is 13.8. The van der Waals surface area contributed by atoms with Gasteiger partial charge in [-0.3, -0.25) is 0 Å². The van der Waals surface area contributed by atoms with Crippen LogP contribution in [0.5, 0.6) is 11.5 Å². The molecule has 0 unspecified atom stereocenters. The van der Waals surface area contributed by atoms with E-state index in [1.54, 1.807) is 31.4 Å². The van der Waals surface area contributed by atoms with Crippen molar-refractivity contribution in [3.05, 3.63) is 87.2 Å². The smallest absolute Gasteiger partial charge is 0.180 e. The highest BCUT2D eigenvalue weighted by molar-refractivity contribution is 6.32. The fraction of sp³-hybridized carbons (Fsp3) is 0.182. The second kappa shape index (κ2) is 9.18. The minimum atomic E-state index is -0.324. The minimum absolute atomic E-state index is 0.0576. The summed E-state index contributed by atoms with van der Waals surface area (Å²) < 4.78 is 25.0. The number of anilines is 1. The van der Waals surface area contributed by atoms with Crippen LogP contribution in [0, 0.1) is 12.7 Å². The van der Waals surface area contributed by atoms with Crippen LogP contribution in [0.15, 0.2) is 54.6 Å². The van der Waals surface area contributed by atoms with Gasteiger partial charge in [0.1, 0.15) is 12.4 Å². The number of rotatable bonds is 7. The second-order valence-corrected chi connectivity index (χ2v) is 7.07. The molecule has 0 spiro atoms. The predicted molar refractivity (Wildman–Crippen MR) is 112 cm³/mol. The SMILES string of the molecule is COc1cc(CNc2cccc(Cl)c2C)cc(Cl)c1OCc1ccccc1F. The summed E-state index contributed by atoms with van der Waals surface area (Å²) in [6, 6.07) is 15.8. The number of hydrogen-bond acceptors (Lipinski definition) is 3. The van der Waals surface area contributed by atoms with Crippen molar-refractivity contribution in [3.63, 3.8) is 0 Å². The van der Waals surface area contributed by atoms with Gasteiger partial charge in [-0.2, -0.15) is 0 Å². The normalized spacial score (nSPS) is 10.6. The van der Waals surface area contributed by atoms with Crippen LogP contribution in [0.4, 0.5) is 10.1 Å². The Morgan fingerprint density at radius 2 is 1.79 bits per heavy atom. The highest BCUT2D eigenvalue weighted by Crippen LogP contribution is 2.37. The number of ether oxygens (including phenoxy) is 2. The first-order chi connectivity index (χ1) is 13.5. The minimum Gasteiger partial charge on any atom is -0.493 e. The van der Waals surface area contributed by atoms with E-state index in [0.29, 0.717) is 33.7 Å². The Hall–Kier alpha value is -2.43. The van der Waals surface area contributed by atoms with E-state index < -0.39 is 0 Å². The zero-order chi connectivity index (χ0) is 20.1. The summed E-state index contributed by atoms with van der Waals surface area (Å²) >= 11 is 12.6. The number of nitrogens with one attached hydrogen (secondary N) is 1. The number of methoxy groups -OCH3 is 1. The lowest BCUT2D eigenvalue weighted by atomic mass is 10.1. The molecule has 0 radical (unpaired) electrons. The van der Waals surface area contributed by atoms with Crippen LogP contribution in [-0.2, 0) is 13.2 Å². The van der Waals surface area contributed by atoms with Crippen LogP contribution in [0.3, 0.4) is 0 Å². The molecule has 0 atom stereocenters. The molecule has 3 nitrogen and oxygen atoms in total. The average Bonchev–Trinajstić information content (AvgIpc) is 2.69. The summed E-state index contributed by atoms with van der Waals surface area (Å²) in [6.45, 7) is 2.55. The summed E-state index contributed by atoms with van der Waals surface area (Å²) in [5, 5.41) is 4.45. The number of halogens is 3. The van der Waals surface area contributed by atoms with E-state index in [1.165, 1.54) is 6.07 Å². The van der Waals surface area contributed by atoms with Crippen molar-refractivity contribution < 1.29 is 13.9 Å². The average molecular weight is 420 g/mol. The molecule has 28 heavy (non-hydrogen) atoms. The molecule has 0 aliphatic carbocycles. The second-order valence-electron chi connectivity index (χ2n) is 6.26. The molecule has 3 aromatic rings. The van der Waals surface area contributed by atoms with Crippen molar-refractivity contribution in [1.29, 1.82) is 0 Å². The molecule has 0 saturated heterocycles. The van der Waals surface area contributed by atoms with Gasteiger partial charge >= 0.3 is 0 Å². The lowest BCUT2D eigenvalue weighted by molar-refractivity contribution is 0.280. The lowest BCUT2D eigenvalue weighted by Crippen LogP contribution is -2.04. The van der Waals surface area contributed by atoms with Crippen LogP contribution < -0.4 is 14.8 Å². The quantitative estimate of drug-likeness (QED) is 0.465. The van der Waals surface area contributed by atoms with E-state index in [9.17, 15) is 4.39 Å². The molecule has 146 valence electrons. The molecule has 0 heterocycles. The molecule has 0 aliphatic rings. The van der Waals surface area contributed by atoms with Crippen LogP contribution >= 0.6 is 23.2 Å². The molecule has 0 amide bonds. The zero-order valence-corrected chi connectivity index (χ0v) is 17.1. The molecule has 3 rings (SSSR count). The van der Waals surface area contributed by atoms with Gasteiger partial charge in [0.2, 0.25) is 0 Å². The highest BCUT2D eigenvalue weighted by Gasteiger charge is 2.14. The fourth-order valence-corrected chi connectivity index (χ4v) is 3.24. The fourth-order valence-electron chi connectivity index (χ4n) is 2.78. The molecule has 0 fully saturated rings. The largest absolute Gasteiger partial charge is 0.493 e. The topological polar surface area (TPSA) is 30.5 Å². The van der Waals surface area contributed by atoms with Crippen molar-refractivity contribution in [2.45, 2.75) is 20.1 Å². The molecular formula is C22H20Cl2FNO2. The van der Waals surface area contributed by atoms with Gasteiger partial charge in [0.25, 0.3) is 0 Å². The summed E-state index contributed by atoms with van der Waals surface area (Å²) in [4.78, 5) is 0. The van der Waals surface area contributed by atoms with Gasteiger partial charge in [-0.15, -0.1) is 0 Å². The van der Waals surface area contributed by atoms with Gasteiger partial charge in [0.15, 0.2) is 11.5 Å². The maximum absolute atomic E-state index is 13.8. The molecule has 3 aromatic carbocycles. The monoisotopic (exact) mass is 419 g/mol. The van der Waals surface area contributed by atoms with E-state index in [4.69, 9.17) is 32.7 Å². The Labute approximate surface area is 174 Å². The van der Waals surface area contributed by atoms with Gasteiger partial charge in [-0.25, -0.2) is 4.39 Å². The third-order valence-corrected chi connectivity index (χ3v) is 5.06. The Balaban J connectivity index is 1.75.